The molecule has 1 aliphatic carbocycles. The lowest BCUT2D eigenvalue weighted by molar-refractivity contribution is 0.183. The van der Waals surface area contributed by atoms with Crippen molar-refractivity contribution in [3.63, 3.8) is 0 Å². The monoisotopic (exact) mass is 469 g/mol. The molecule has 4 heteroatoms. The van der Waals surface area contributed by atoms with Crippen LogP contribution in [0.3, 0.4) is 0 Å². The maximum atomic E-state index is 11.6. The van der Waals surface area contributed by atoms with Crippen LogP contribution in [0.1, 0.15) is 54.9 Å². The highest BCUT2D eigenvalue weighted by molar-refractivity contribution is 5.93. The van der Waals surface area contributed by atoms with E-state index in [1.165, 1.54) is 37.9 Å². The van der Waals surface area contributed by atoms with E-state index < -0.39 is 6.10 Å². The number of hydrogen-bond acceptors (Lipinski definition) is 4. The molecule has 1 N–H and O–H groups in total. The fourth-order valence-corrected chi connectivity index (χ4v) is 5.21. The highest BCUT2D eigenvalue weighted by atomic mass is 16.5. The molecule has 1 heterocycles. The van der Waals surface area contributed by atoms with Gasteiger partial charge in [0.2, 0.25) is 0 Å². The summed E-state index contributed by atoms with van der Waals surface area (Å²) in [4.78, 5) is 2.48. The quantitative estimate of drug-likeness (QED) is 0.407. The Morgan fingerprint density at radius 1 is 0.914 bits per heavy atom. The van der Waals surface area contributed by atoms with E-state index in [1.54, 1.807) is 7.11 Å². The number of fused-ring (bicyclic) bond motifs is 1. The van der Waals surface area contributed by atoms with Crippen LogP contribution < -0.4 is 9.47 Å². The number of nitrogens with zero attached hydrogens (tertiary/aromatic N) is 1. The number of hydrogen-bond donors (Lipinski definition) is 1. The molecule has 182 valence electrons. The number of piperidine rings is 1. The zero-order chi connectivity index (χ0) is 24.0. The number of ether oxygens (including phenoxy) is 2. The first-order valence-electron chi connectivity index (χ1n) is 12.8. The first-order valence-corrected chi connectivity index (χ1v) is 12.8. The van der Waals surface area contributed by atoms with Gasteiger partial charge < -0.3 is 14.6 Å². The van der Waals surface area contributed by atoms with Crippen molar-refractivity contribution in [2.24, 2.45) is 0 Å². The normalized spacial score (nSPS) is 17.3. The molecule has 2 aliphatic rings. The molecule has 1 atom stereocenters. The SMILES string of the molecule is COc1ccc2c(C(O)c3ccc(OCCN4CCCCC4)cc3)c(C3=CCCC=C3)ccc2c1. The number of aliphatic hydroxyl groups excluding tert-OH is 1. The van der Waals surface area contributed by atoms with Crippen molar-refractivity contribution in [2.45, 2.75) is 38.2 Å². The number of likely N-dealkylation sites (tertiary alicyclic amines) is 1. The van der Waals surface area contributed by atoms with Gasteiger partial charge in [-0.25, -0.2) is 0 Å². The summed E-state index contributed by atoms with van der Waals surface area (Å²) in [6, 6.07) is 18.2. The predicted octanol–water partition coefficient (Wildman–Crippen LogP) is 6.53. The van der Waals surface area contributed by atoms with Crippen LogP contribution in [0.5, 0.6) is 11.5 Å². The third-order valence-corrected chi connectivity index (χ3v) is 7.17. The molecule has 0 amide bonds. The summed E-state index contributed by atoms with van der Waals surface area (Å²) < 4.78 is 11.4. The van der Waals surface area contributed by atoms with Crippen LogP contribution in [0.4, 0.5) is 0 Å². The van der Waals surface area contributed by atoms with Gasteiger partial charge in [0.1, 0.15) is 24.2 Å². The van der Waals surface area contributed by atoms with Crippen LogP contribution in [0.2, 0.25) is 0 Å². The van der Waals surface area contributed by atoms with E-state index in [4.69, 9.17) is 9.47 Å². The summed E-state index contributed by atoms with van der Waals surface area (Å²) in [7, 11) is 1.68. The van der Waals surface area contributed by atoms with Gasteiger partial charge in [-0.2, -0.15) is 0 Å². The Bertz CT molecular complexity index is 1210. The molecule has 0 spiro atoms. The van der Waals surface area contributed by atoms with Crippen LogP contribution in [0.15, 0.2) is 72.8 Å². The Morgan fingerprint density at radius 3 is 2.46 bits per heavy atom. The molecule has 0 aromatic heterocycles. The molecule has 1 fully saturated rings. The average molecular weight is 470 g/mol. The van der Waals surface area contributed by atoms with Gasteiger partial charge in [-0.1, -0.05) is 55.0 Å². The van der Waals surface area contributed by atoms with Crippen LogP contribution in [-0.4, -0.2) is 43.4 Å². The number of aliphatic hydroxyl groups is 1. The largest absolute Gasteiger partial charge is 0.497 e. The van der Waals surface area contributed by atoms with Gasteiger partial charge in [-0.05, 0) is 90.5 Å². The molecule has 0 radical (unpaired) electrons. The van der Waals surface area contributed by atoms with Crippen molar-refractivity contribution in [2.75, 3.05) is 33.4 Å². The first kappa shape index (κ1) is 23.7. The molecule has 5 rings (SSSR count). The Balaban J connectivity index is 1.40. The van der Waals surface area contributed by atoms with Crippen molar-refractivity contribution >= 4 is 16.3 Å². The highest BCUT2D eigenvalue weighted by Gasteiger charge is 2.20. The second-order valence-corrected chi connectivity index (χ2v) is 9.48. The first-order chi connectivity index (χ1) is 17.2. The Kier molecular flexibility index (Phi) is 7.51. The molecule has 1 unspecified atom stereocenters. The summed E-state index contributed by atoms with van der Waals surface area (Å²) in [6.07, 6.45) is 11.9. The smallest absolute Gasteiger partial charge is 0.119 e. The Hall–Kier alpha value is -3.08. The van der Waals surface area contributed by atoms with Crippen LogP contribution >= 0.6 is 0 Å². The third kappa shape index (κ3) is 5.44. The fourth-order valence-electron chi connectivity index (χ4n) is 5.21. The number of benzene rings is 3. The van der Waals surface area contributed by atoms with E-state index >= 15 is 0 Å². The topological polar surface area (TPSA) is 41.9 Å². The van der Waals surface area contributed by atoms with Crippen LogP contribution in [0.25, 0.3) is 16.3 Å². The van der Waals surface area contributed by atoms with Gasteiger partial charge in [0.05, 0.1) is 7.11 Å². The number of rotatable bonds is 8. The van der Waals surface area contributed by atoms with Crippen molar-refractivity contribution in [1.82, 2.24) is 4.90 Å². The molecule has 0 saturated carbocycles. The molecular weight excluding hydrogens is 434 g/mol. The van der Waals surface area contributed by atoms with E-state index in [2.05, 4.69) is 41.3 Å². The van der Waals surface area contributed by atoms with E-state index in [1.807, 2.05) is 36.4 Å². The minimum absolute atomic E-state index is 0.692. The van der Waals surface area contributed by atoms with Gasteiger partial charge in [0, 0.05) is 12.1 Å². The van der Waals surface area contributed by atoms with Crippen molar-refractivity contribution in [1.29, 1.82) is 0 Å². The summed E-state index contributed by atoms with van der Waals surface area (Å²) in [5.74, 6) is 1.66. The van der Waals surface area contributed by atoms with Crippen LogP contribution in [0, 0.1) is 0 Å². The zero-order valence-corrected chi connectivity index (χ0v) is 20.6. The van der Waals surface area contributed by atoms with Crippen molar-refractivity contribution in [3.8, 4) is 11.5 Å². The molecule has 0 bridgehead atoms. The molecule has 4 nitrogen and oxygen atoms in total. The standard InChI is InChI=1S/C31H35NO3/c1-34-27-15-17-29-25(22-27)12-16-28(23-8-4-2-5-9-23)30(29)31(33)24-10-13-26(14-11-24)35-21-20-32-18-6-3-7-19-32/h4,8-17,22,31,33H,2-3,5-7,18-21H2,1H3. The summed E-state index contributed by atoms with van der Waals surface area (Å²) >= 11 is 0. The molecular formula is C31H35NO3. The number of methoxy groups -OCH3 is 1. The second-order valence-electron chi connectivity index (χ2n) is 9.48. The molecule has 3 aromatic carbocycles. The van der Waals surface area contributed by atoms with E-state index in [9.17, 15) is 5.11 Å². The van der Waals surface area contributed by atoms with Gasteiger partial charge in [0.15, 0.2) is 0 Å². The fraction of sp³-hybridized carbons (Fsp3) is 0.355. The molecule has 1 aliphatic heterocycles. The lowest BCUT2D eigenvalue weighted by Gasteiger charge is -2.26. The maximum Gasteiger partial charge on any atom is 0.119 e. The predicted molar refractivity (Wildman–Crippen MR) is 143 cm³/mol. The highest BCUT2D eigenvalue weighted by Crippen LogP contribution is 2.38. The van der Waals surface area contributed by atoms with Gasteiger partial charge >= 0.3 is 0 Å². The minimum atomic E-state index is -0.749. The number of allylic oxidation sites excluding steroid dienone is 4. The van der Waals surface area contributed by atoms with E-state index in [-0.39, 0.29) is 0 Å². The lowest BCUT2D eigenvalue weighted by atomic mass is 9.86. The minimum Gasteiger partial charge on any atom is -0.497 e. The Morgan fingerprint density at radius 2 is 1.71 bits per heavy atom. The average Bonchev–Trinajstić information content (AvgIpc) is 2.93. The summed E-state index contributed by atoms with van der Waals surface area (Å²) in [6.45, 7) is 4.02. The lowest BCUT2D eigenvalue weighted by Crippen LogP contribution is -2.33. The van der Waals surface area contributed by atoms with Crippen molar-refractivity contribution in [3.05, 3.63) is 89.5 Å². The molecule has 1 saturated heterocycles. The van der Waals surface area contributed by atoms with Crippen molar-refractivity contribution < 1.29 is 14.6 Å². The van der Waals surface area contributed by atoms with E-state index in [0.717, 1.165) is 58.3 Å². The van der Waals surface area contributed by atoms with E-state index in [0.29, 0.717) is 6.61 Å². The second kappa shape index (κ2) is 11.1. The summed E-state index contributed by atoms with van der Waals surface area (Å²) in [5, 5.41) is 13.7. The zero-order valence-electron chi connectivity index (χ0n) is 20.6. The maximum absolute atomic E-state index is 11.6. The molecule has 3 aromatic rings. The molecule has 35 heavy (non-hydrogen) atoms. The van der Waals surface area contributed by atoms with Gasteiger partial charge in [-0.15, -0.1) is 0 Å². The van der Waals surface area contributed by atoms with Crippen LogP contribution in [-0.2, 0) is 0 Å². The van der Waals surface area contributed by atoms with Gasteiger partial charge in [0.25, 0.3) is 0 Å². The third-order valence-electron chi connectivity index (χ3n) is 7.17. The van der Waals surface area contributed by atoms with Gasteiger partial charge in [-0.3, -0.25) is 4.90 Å². The Labute approximate surface area is 208 Å². The summed E-state index contributed by atoms with van der Waals surface area (Å²) in [5.41, 5.74) is 4.04.